The fourth-order valence-electron chi connectivity index (χ4n) is 1.66. The molecule has 0 unspecified atom stereocenters. The molecule has 0 fully saturated rings. The van der Waals surface area contributed by atoms with Gasteiger partial charge in [-0.3, -0.25) is 14.5 Å². The molecule has 0 aliphatic heterocycles. The first-order valence-corrected chi connectivity index (χ1v) is 6.00. The van der Waals surface area contributed by atoms with Crippen molar-refractivity contribution in [1.82, 2.24) is 14.8 Å². The van der Waals surface area contributed by atoms with E-state index in [2.05, 4.69) is 26.0 Å². The van der Waals surface area contributed by atoms with Crippen molar-refractivity contribution in [3.8, 4) is 0 Å². The quantitative estimate of drug-likeness (QED) is 0.816. The Morgan fingerprint density at radius 2 is 2.06 bits per heavy atom. The average Bonchev–Trinajstić information content (AvgIpc) is 2.57. The molecule has 0 saturated carbocycles. The zero-order valence-electron chi connectivity index (χ0n) is 9.64. The van der Waals surface area contributed by atoms with E-state index < -0.39 is 0 Å². The minimum Gasteiger partial charge on any atom is -0.294 e. The van der Waals surface area contributed by atoms with Crippen LogP contribution in [-0.2, 0) is 13.5 Å². The molecule has 2 rings (SSSR count). The number of hydrogen-bond acceptors (Lipinski definition) is 3. The Kier molecular flexibility index (Phi) is 3.38. The van der Waals surface area contributed by atoms with Crippen LogP contribution in [0.3, 0.4) is 0 Å². The van der Waals surface area contributed by atoms with Crippen molar-refractivity contribution in [1.29, 1.82) is 0 Å². The monoisotopic (exact) mass is 293 g/mol. The minimum atomic E-state index is 0.0658. The van der Waals surface area contributed by atoms with Crippen molar-refractivity contribution in [2.45, 2.75) is 13.3 Å². The lowest BCUT2D eigenvalue weighted by Gasteiger charge is -2.02. The number of aryl methyl sites for hydroxylation is 2. The Hall–Kier alpha value is -1.49. The average molecular weight is 294 g/mol. The van der Waals surface area contributed by atoms with Gasteiger partial charge in [0.15, 0.2) is 5.78 Å². The van der Waals surface area contributed by atoms with Gasteiger partial charge < -0.3 is 0 Å². The van der Waals surface area contributed by atoms with E-state index >= 15 is 0 Å². The van der Waals surface area contributed by atoms with E-state index in [1.54, 1.807) is 29.2 Å². The summed E-state index contributed by atoms with van der Waals surface area (Å²) in [7, 11) is 1.84. The molecule has 4 nitrogen and oxygen atoms in total. The zero-order valence-corrected chi connectivity index (χ0v) is 11.2. The third kappa shape index (κ3) is 2.44. The molecule has 0 bridgehead atoms. The summed E-state index contributed by atoms with van der Waals surface area (Å²) in [6.07, 6.45) is 3.58. The summed E-state index contributed by atoms with van der Waals surface area (Å²) in [6, 6.07) is 3.44. The predicted molar refractivity (Wildman–Crippen MR) is 67.9 cm³/mol. The molecule has 0 radical (unpaired) electrons. The van der Waals surface area contributed by atoms with E-state index in [1.165, 1.54) is 0 Å². The summed E-state index contributed by atoms with van der Waals surface area (Å²) < 4.78 is 2.64. The summed E-state index contributed by atoms with van der Waals surface area (Å²) >= 11 is 3.45. The van der Waals surface area contributed by atoms with E-state index in [0.717, 1.165) is 15.9 Å². The van der Waals surface area contributed by atoms with Crippen LogP contribution in [0.5, 0.6) is 0 Å². The number of hydrogen-bond donors (Lipinski definition) is 0. The number of aromatic nitrogens is 3. The third-order valence-electron chi connectivity index (χ3n) is 2.59. The van der Waals surface area contributed by atoms with Crippen molar-refractivity contribution in [2.75, 3.05) is 0 Å². The van der Waals surface area contributed by atoms with Crippen LogP contribution in [0.25, 0.3) is 0 Å². The van der Waals surface area contributed by atoms with E-state index in [4.69, 9.17) is 0 Å². The smallest absolute Gasteiger partial charge is 0.168 e. The van der Waals surface area contributed by atoms with Gasteiger partial charge in [0.2, 0.25) is 0 Å². The van der Waals surface area contributed by atoms with Gasteiger partial charge in [0.1, 0.15) is 0 Å². The van der Waals surface area contributed by atoms with Crippen molar-refractivity contribution < 1.29 is 4.79 Å². The zero-order chi connectivity index (χ0) is 12.4. The highest BCUT2D eigenvalue weighted by atomic mass is 79.9. The van der Waals surface area contributed by atoms with E-state index in [1.807, 2.05) is 14.0 Å². The van der Waals surface area contributed by atoms with Gasteiger partial charge in [-0.2, -0.15) is 5.10 Å². The lowest BCUT2D eigenvalue weighted by atomic mass is 10.1. The first-order chi connectivity index (χ1) is 8.09. The molecule has 0 atom stereocenters. The number of Topliss-reactive ketones (excluding diaryl/α,β-unsaturated/α-hetero) is 1. The molecule has 0 amide bonds. The maximum Gasteiger partial charge on any atom is 0.168 e. The first-order valence-electron chi connectivity index (χ1n) is 5.21. The molecule has 88 valence electrons. The summed E-state index contributed by atoms with van der Waals surface area (Å²) in [4.78, 5) is 15.9. The molecular weight excluding hydrogens is 282 g/mol. The highest BCUT2D eigenvalue weighted by Crippen LogP contribution is 2.21. The lowest BCUT2D eigenvalue weighted by molar-refractivity contribution is 0.0990. The molecule has 2 aromatic heterocycles. The van der Waals surface area contributed by atoms with Crippen molar-refractivity contribution >= 4 is 21.7 Å². The van der Waals surface area contributed by atoms with Crippen LogP contribution < -0.4 is 0 Å². The van der Waals surface area contributed by atoms with Crippen LogP contribution in [0.4, 0.5) is 0 Å². The van der Waals surface area contributed by atoms with Crippen LogP contribution in [0.1, 0.15) is 21.7 Å². The Morgan fingerprint density at radius 3 is 2.59 bits per heavy atom. The number of carbonyl (C=O) groups excluding carboxylic acids is 1. The highest BCUT2D eigenvalue weighted by molar-refractivity contribution is 9.10. The summed E-state index contributed by atoms with van der Waals surface area (Å²) in [5, 5.41) is 4.26. The number of carbonyl (C=O) groups is 1. The van der Waals surface area contributed by atoms with Gasteiger partial charge in [0.25, 0.3) is 0 Å². The number of rotatable bonds is 3. The van der Waals surface area contributed by atoms with E-state index in [0.29, 0.717) is 12.0 Å². The van der Waals surface area contributed by atoms with Gasteiger partial charge in [-0.05, 0) is 35.0 Å². The molecule has 2 aromatic rings. The van der Waals surface area contributed by atoms with Crippen LogP contribution >= 0.6 is 15.9 Å². The van der Waals surface area contributed by atoms with Gasteiger partial charge in [0.05, 0.1) is 22.3 Å². The van der Waals surface area contributed by atoms with Crippen LogP contribution in [0, 0.1) is 6.92 Å². The SMILES string of the molecule is Cc1nn(C)c(CC(=O)c2ccncc2)c1Br. The number of nitrogens with zero attached hydrogens (tertiary/aromatic N) is 3. The second-order valence-corrected chi connectivity index (χ2v) is 4.60. The van der Waals surface area contributed by atoms with Gasteiger partial charge in [-0.1, -0.05) is 0 Å². The maximum absolute atomic E-state index is 12.0. The molecule has 0 aliphatic rings. The molecule has 0 aromatic carbocycles. The van der Waals surface area contributed by atoms with Crippen LogP contribution in [-0.4, -0.2) is 20.5 Å². The van der Waals surface area contributed by atoms with Gasteiger partial charge in [0, 0.05) is 25.0 Å². The molecule has 5 heteroatoms. The fraction of sp³-hybridized carbons (Fsp3) is 0.250. The summed E-state index contributed by atoms with van der Waals surface area (Å²) in [5.74, 6) is 0.0658. The Labute approximate surface area is 108 Å². The topological polar surface area (TPSA) is 47.8 Å². The highest BCUT2D eigenvalue weighted by Gasteiger charge is 2.15. The van der Waals surface area contributed by atoms with Gasteiger partial charge in [-0.15, -0.1) is 0 Å². The fourth-order valence-corrected chi connectivity index (χ4v) is 2.14. The third-order valence-corrected chi connectivity index (χ3v) is 3.62. The summed E-state index contributed by atoms with van der Waals surface area (Å²) in [5.41, 5.74) is 2.46. The predicted octanol–water partition coefficient (Wildman–Crippen LogP) is 2.31. The van der Waals surface area contributed by atoms with Gasteiger partial charge >= 0.3 is 0 Å². The molecule has 0 N–H and O–H groups in total. The van der Waals surface area contributed by atoms with E-state index in [9.17, 15) is 4.79 Å². The molecule has 0 aliphatic carbocycles. The number of halogens is 1. The first kappa shape index (κ1) is 12.0. The standard InChI is InChI=1S/C12H12BrN3O/c1-8-12(13)10(16(2)15-8)7-11(17)9-3-5-14-6-4-9/h3-6H,7H2,1-2H3. The molecule has 0 spiro atoms. The Balaban J connectivity index is 2.25. The lowest BCUT2D eigenvalue weighted by Crippen LogP contribution is -2.08. The number of ketones is 1. The summed E-state index contributed by atoms with van der Waals surface area (Å²) in [6.45, 7) is 1.91. The molecule has 0 saturated heterocycles. The van der Waals surface area contributed by atoms with E-state index in [-0.39, 0.29) is 5.78 Å². The Bertz CT molecular complexity index is 548. The minimum absolute atomic E-state index is 0.0658. The number of pyridine rings is 1. The van der Waals surface area contributed by atoms with Crippen LogP contribution in [0.15, 0.2) is 29.0 Å². The second kappa shape index (κ2) is 4.79. The van der Waals surface area contributed by atoms with Crippen molar-refractivity contribution in [2.24, 2.45) is 7.05 Å². The van der Waals surface area contributed by atoms with Crippen molar-refractivity contribution in [3.63, 3.8) is 0 Å². The van der Waals surface area contributed by atoms with Crippen molar-refractivity contribution in [3.05, 3.63) is 46.0 Å². The second-order valence-electron chi connectivity index (χ2n) is 3.81. The molecular formula is C12H12BrN3O. The van der Waals surface area contributed by atoms with Gasteiger partial charge in [-0.25, -0.2) is 0 Å². The largest absolute Gasteiger partial charge is 0.294 e. The molecule has 2 heterocycles. The Morgan fingerprint density at radius 1 is 1.41 bits per heavy atom. The van der Waals surface area contributed by atoms with Crippen LogP contribution in [0.2, 0.25) is 0 Å². The molecule has 17 heavy (non-hydrogen) atoms. The maximum atomic E-state index is 12.0. The normalized spacial score (nSPS) is 10.5.